The van der Waals surface area contributed by atoms with E-state index in [9.17, 15) is 4.79 Å². The minimum atomic E-state index is -1.25. The van der Waals surface area contributed by atoms with Gasteiger partial charge in [0.1, 0.15) is 0 Å². The molecule has 0 radical (unpaired) electrons. The summed E-state index contributed by atoms with van der Waals surface area (Å²) in [5, 5.41) is 0. The lowest BCUT2D eigenvalue weighted by molar-refractivity contribution is -0.220. The van der Waals surface area contributed by atoms with Crippen molar-refractivity contribution in [2.75, 3.05) is 24.7 Å². The summed E-state index contributed by atoms with van der Waals surface area (Å²) in [4.78, 5) is 14.3. The summed E-state index contributed by atoms with van der Waals surface area (Å²) < 4.78 is 11.4. The highest BCUT2D eigenvalue weighted by atomic mass is 16.7. The van der Waals surface area contributed by atoms with Gasteiger partial charge in [-0.05, 0) is 13.0 Å². The van der Waals surface area contributed by atoms with E-state index in [1.165, 1.54) is 0 Å². The number of carbonyl (C=O) groups excluding carboxylic acids is 1. The van der Waals surface area contributed by atoms with Gasteiger partial charge >= 0.3 is 0 Å². The lowest BCUT2D eigenvalue weighted by Crippen LogP contribution is -2.44. The van der Waals surface area contributed by atoms with Crippen molar-refractivity contribution < 1.29 is 14.3 Å². The second-order valence-corrected chi connectivity index (χ2v) is 4.28. The third-order valence-electron chi connectivity index (χ3n) is 3.32. The molecule has 2 heterocycles. The molecule has 1 spiro atoms. The topological polar surface area (TPSA) is 38.8 Å². The molecule has 0 saturated heterocycles. The van der Waals surface area contributed by atoms with Gasteiger partial charge in [0, 0.05) is 12.1 Å². The van der Waals surface area contributed by atoms with Gasteiger partial charge in [0.05, 0.1) is 18.9 Å². The van der Waals surface area contributed by atoms with Crippen LogP contribution in [0.2, 0.25) is 0 Å². The molecule has 0 bridgehead atoms. The molecule has 0 fully saturated rings. The van der Waals surface area contributed by atoms with Gasteiger partial charge in [0.25, 0.3) is 11.7 Å². The van der Waals surface area contributed by atoms with E-state index in [1.54, 1.807) is 4.90 Å². The molecule has 4 heteroatoms. The highest BCUT2D eigenvalue weighted by Crippen LogP contribution is 2.43. The van der Waals surface area contributed by atoms with Gasteiger partial charge < -0.3 is 14.4 Å². The molecule has 94 valence electrons. The molecule has 4 nitrogen and oxygen atoms in total. The summed E-state index contributed by atoms with van der Waals surface area (Å²) in [6, 6.07) is 7.64. The van der Waals surface area contributed by atoms with Crippen LogP contribution in [0.15, 0.2) is 36.4 Å². The van der Waals surface area contributed by atoms with Crippen molar-refractivity contribution in [3.05, 3.63) is 42.0 Å². The van der Waals surface area contributed by atoms with Crippen molar-refractivity contribution in [3.63, 3.8) is 0 Å². The van der Waals surface area contributed by atoms with Crippen molar-refractivity contribution >= 4 is 11.6 Å². The number of fused-ring (bicyclic) bond motifs is 2. The number of hydrogen-bond donors (Lipinski definition) is 0. The largest absolute Gasteiger partial charge is 0.334 e. The molecule has 0 N–H and O–H groups in total. The monoisotopic (exact) mass is 245 g/mol. The minimum Gasteiger partial charge on any atom is -0.334 e. The Balaban J connectivity index is 2.12. The van der Waals surface area contributed by atoms with E-state index in [4.69, 9.17) is 9.47 Å². The van der Waals surface area contributed by atoms with Crippen molar-refractivity contribution in [2.45, 2.75) is 12.7 Å². The van der Waals surface area contributed by atoms with Crippen LogP contribution in [0.4, 0.5) is 5.69 Å². The van der Waals surface area contributed by atoms with Gasteiger partial charge in [-0.3, -0.25) is 4.79 Å². The second kappa shape index (κ2) is 4.23. The van der Waals surface area contributed by atoms with Crippen LogP contribution in [0.5, 0.6) is 0 Å². The highest BCUT2D eigenvalue weighted by Gasteiger charge is 2.53. The van der Waals surface area contributed by atoms with Crippen molar-refractivity contribution in [1.82, 2.24) is 0 Å². The quantitative estimate of drug-likeness (QED) is 0.708. The van der Waals surface area contributed by atoms with E-state index in [1.807, 2.05) is 43.3 Å². The summed E-state index contributed by atoms with van der Waals surface area (Å²) >= 11 is 0. The van der Waals surface area contributed by atoms with Gasteiger partial charge in [-0.15, -0.1) is 0 Å². The van der Waals surface area contributed by atoms with E-state index in [0.717, 1.165) is 11.3 Å². The van der Waals surface area contributed by atoms with Gasteiger partial charge in [0.15, 0.2) is 0 Å². The molecule has 0 atom stereocenters. The maximum atomic E-state index is 12.6. The molecule has 0 unspecified atom stereocenters. The van der Waals surface area contributed by atoms with Crippen LogP contribution in [-0.2, 0) is 20.1 Å². The Morgan fingerprint density at radius 2 is 1.89 bits per heavy atom. The zero-order valence-electron chi connectivity index (χ0n) is 10.3. The molecule has 0 aromatic heterocycles. The molecule has 2 aliphatic rings. The number of rotatable bonds is 1. The first-order valence-electron chi connectivity index (χ1n) is 6.14. The molecular weight excluding hydrogens is 230 g/mol. The Bertz CT molecular complexity index is 500. The second-order valence-electron chi connectivity index (χ2n) is 4.28. The average molecular weight is 245 g/mol. The molecule has 1 amide bonds. The predicted octanol–water partition coefficient (Wildman–Crippen LogP) is 1.81. The molecule has 1 aromatic rings. The van der Waals surface area contributed by atoms with Crippen molar-refractivity contribution in [2.24, 2.45) is 0 Å². The van der Waals surface area contributed by atoms with Gasteiger partial charge in [-0.1, -0.05) is 30.4 Å². The third kappa shape index (κ3) is 1.43. The zero-order chi connectivity index (χ0) is 12.6. The summed E-state index contributed by atoms with van der Waals surface area (Å²) in [6.45, 7) is 3.33. The molecule has 3 rings (SSSR count). The van der Waals surface area contributed by atoms with Crippen molar-refractivity contribution in [1.29, 1.82) is 0 Å². The Kier molecular flexibility index (Phi) is 2.69. The number of nitrogens with zero attached hydrogens (tertiary/aromatic N) is 1. The number of ether oxygens (including phenoxy) is 2. The maximum absolute atomic E-state index is 12.6. The third-order valence-corrected chi connectivity index (χ3v) is 3.32. The normalized spacial score (nSPS) is 21.2. The van der Waals surface area contributed by atoms with E-state index < -0.39 is 5.79 Å². The van der Waals surface area contributed by atoms with Crippen LogP contribution < -0.4 is 4.90 Å². The number of benzene rings is 1. The van der Waals surface area contributed by atoms with Gasteiger partial charge in [0.2, 0.25) is 0 Å². The molecule has 2 aliphatic heterocycles. The van der Waals surface area contributed by atoms with Crippen LogP contribution >= 0.6 is 0 Å². The van der Waals surface area contributed by atoms with Gasteiger partial charge in [-0.2, -0.15) is 0 Å². The Morgan fingerprint density at radius 3 is 2.56 bits per heavy atom. The highest BCUT2D eigenvalue weighted by molar-refractivity contribution is 6.06. The fourth-order valence-corrected chi connectivity index (χ4v) is 2.49. The number of hydrogen-bond acceptors (Lipinski definition) is 3. The molecular formula is C14H15NO3. The van der Waals surface area contributed by atoms with E-state index in [2.05, 4.69) is 0 Å². The number of para-hydroxylation sites is 1. The standard InChI is InChI=1S/C14H15NO3/c1-2-15-12-8-4-3-7-11(12)14(13(15)16)17-9-5-6-10-18-14/h3-8H,2,9-10H2,1H3. The fourth-order valence-electron chi connectivity index (χ4n) is 2.49. The van der Waals surface area contributed by atoms with Gasteiger partial charge in [-0.25, -0.2) is 0 Å². The lowest BCUT2D eigenvalue weighted by atomic mass is 10.1. The molecule has 0 aliphatic carbocycles. The fraction of sp³-hybridized carbons (Fsp3) is 0.357. The SMILES string of the molecule is CCN1C(=O)C2(OCC=CCO2)c2ccccc21. The first kappa shape index (κ1) is 11.4. The van der Waals surface area contributed by atoms with Crippen LogP contribution in [0.1, 0.15) is 12.5 Å². The number of amides is 1. The first-order valence-corrected chi connectivity index (χ1v) is 6.14. The molecule has 0 saturated carbocycles. The Hall–Kier alpha value is -1.65. The van der Waals surface area contributed by atoms with Crippen LogP contribution in [0.25, 0.3) is 0 Å². The van der Waals surface area contributed by atoms with Crippen LogP contribution in [-0.4, -0.2) is 25.7 Å². The number of anilines is 1. The number of carbonyl (C=O) groups is 1. The average Bonchev–Trinajstić information content (AvgIpc) is 2.58. The van der Waals surface area contributed by atoms with Crippen LogP contribution in [0.3, 0.4) is 0 Å². The summed E-state index contributed by atoms with van der Waals surface area (Å²) in [6.07, 6.45) is 3.75. The van der Waals surface area contributed by atoms with E-state index >= 15 is 0 Å². The minimum absolute atomic E-state index is 0.130. The molecule has 1 aromatic carbocycles. The Morgan fingerprint density at radius 1 is 1.22 bits per heavy atom. The van der Waals surface area contributed by atoms with E-state index in [0.29, 0.717) is 19.8 Å². The smallest absolute Gasteiger partial charge is 0.292 e. The van der Waals surface area contributed by atoms with Crippen molar-refractivity contribution in [3.8, 4) is 0 Å². The lowest BCUT2D eigenvalue weighted by Gasteiger charge is -2.26. The first-order chi connectivity index (χ1) is 8.79. The summed E-state index contributed by atoms with van der Waals surface area (Å²) in [5.74, 6) is -1.38. The van der Waals surface area contributed by atoms with Crippen LogP contribution in [0, 0.1) is 0 Å². The zero-order valence-corrected chi connectivity index (χ0v) is 10.3. The Labute approximate surface area is 106 Å². The molecule has 18 heavy (non-hydrogen) atoms. The summed E-state index contributed by atoms with van der Waals surface area (Å²) in [7, 11) is 0. The maximum Gasteiger partial charge on any atom is 0.292 e. The number of likely N-dealkylation sites (N-methyl/N-ethyl adjacent to an activating group) is 1. The predicted molar refractivity (Wildman–Crippen MR) is 67.2 cm³/mol. The van der Waals surface area contributed by atoms with E-state index in [-0.39, 0.29) is 5.91 Å². The summed E-state index contributed by atoms with van der Waals surface area (Å²) in [5.41, 5.74) is 1.69.